The topological polar surface area (TPSA) is 114 Å². The van der Waals surface area contributed by atoms with E-state index in [0.717, 1.165) is 20.9 Å². The summed E-state index contributed by atoms with van der Waals surface area (Å²) in [4.78, 5) is 54.1. The molecule has 1 aromatic heterocycles. The zero-order valence-corrected chi connectivity index (χ0v) is 25.3. The lowest BCUT2D eigenvalue weighted by molar-refractivity contribution is -0.113. The van der Waals surface area contributed by atoms with E-state index in [1.165, 1.54) is 30.2 Å². The molecule has 216 valence electrons. The molecule has 2 heterocycles. The molecule has 3 aromatic rings. The van der Waals surface area contributed by atoms with E-state index in [0.29, 0.717) is 34.8 Å². The standard InChI is InChI=1S/C30H33N3O6S2/c1-18-9-6-7-12-21(18)26(35)31-19-10-8-11-20(15-19)40-17-24(34)32-27-25(28(36)38-5)22-13-14-33(16-23(22)41-27)29(37)39-30(2,3)4/h6-12,15H,13-14,16-17H2,1-5H3,(H,31,35)(H,32,34). The quantitative estimate of drug-likeness (QED) is 0.250. The predicted molar refractivity (Wildman–Crippen MR) is 161 cm³/mol. The Bertz CT molecular complexity index is 1480. The smallest absolute Gasteiger partial charge is 0.410 e. The second-order valence-corrected chi connectivity index (χ2v) is 12.6. The van der Waals surface area contributed by atoms with Gasteiger partial charge in [-0.25, -0.2) is 9.59 Å². The SMILES string of the molecule is COC(=O)c1c(NC(=O)CSc2cccc(NC(=O)c3ccccc3C)c2)sc2c1CCN(C(=O)OC(C)(C)C)C2. The molecule has 0 saturated carbocycles. The number of aryl methyl sites for hydroxylation is 1. The van der Waals surface area contributed by atoms with Crippen LogP contribution in [0.4, 0.5) is 15.5 Å². The van der Waals surface area contributed by atoms with Crippen LogP contribution in [0.2, 0.25) is 0 Å². The molecule has 0 aliphatic carbocycles. The molecule has 41 heavy (non-hydrogen) atoms. The van der Waals surface area contributed by atoms with Crippen molar-refractivity contribution < 1.29 is 28.7 Å². The van der Waals surface area contributed by atoms with Crippen LogP contribution in [0.5, 0.6) is 0 Å². The number of thioether (sulfide) groups is 1. The van der Waals surface area contributed by atoms with Gasteiger partial charge in [-0.05, 0) is 69.5 Å². The van der Waals surface area contributed by atoms with Gasteiger partial charge in [0.25, 0.3) is 5.91 Å². The third-order valence-electron chi connectivity index (χ3n) is 6.20. The number of anilines is 2. The van der Waals surface area contributed by atoms with Crippen molar-refractivity contribution in [2.75, 3.05) is 30.0 Å². The molecule has 0 unspecified atom stereocenters. The number of thiophene rings is 1. The van der Waals surface area contributed by atoms with Crippen molar-refractivity contribution >= 4 is 57.7 Å². The molecule has 0 spiro atoms. The van der Waals surface area contributed by atoms with Crippen molar-refractivity contribution in [3.63, 3.8) is 0 Å². The lowest BCUT2D eigenvalue weighted by atomic mass is 10.0. The lowest BCUT2D eigenvalue weighted by Gasteiger charge is -2.30. The molecule has 2 N–H and O–H groups in total. The summed E-state index contributed by atoms with van der Waals surface area (Å²) in [6.45, 7) is 7.98. The summed E-state index contributed by atoms with van der Waals surface area (Å²) in [5, 5.41) is 6.17. The number of rotatable bonds is 7. The number of amides is 3. The van der Waals surface area contributed by atoms with Gasteiger partial charge in [0.05, 0.1) is 25.0 Å². The largest absolute Gasteiger partial charge is 0.465 e. The molecule has 3 amide bonds. The minimum absolute atomic E-state index is 0.0857. The van der Waals surface area contributed by atoms with Gasteiger partial charge in [0.2, 0.25) is 5.91 Å². The molecule has 0 bridgehead atoms. The number of nitrogens with one attached hydrogen (secondary N) is 2. The molecule has 4 rings (SSSR count). The molecule has 1 aliphatic rings. The highest BCUT2D eigenvalue weighted by Gasteiger charge is 2.32. The van der Waals surface area contributed by atoms with E-state index in [1.807, 2.05) is 64.1 Å². The number of benzene rings is 2. The first-order valence-electron chi connectivity index (χ1n) is 13.1. The Hall–Kier alpha value is -3.83. The fraction of sp³-hybridized carbons (Fsp3) is 0.333. The van der Waals surface area contributed by atoms with E-state index in [9.17, 15) is 19.2 Å². The molecule has 0 atom stereocenters. The van der Waals surface area contributed by atoms with Crippen LogP contribution in [0.25, 0.3) is 0 Å². The van der Waals surface area contributed by atoms with Crippen LogP contribution in [0.3, 0.4) is 0 Å². The van der Waals surface area contributed by atoms with Crippen molar-refractivity contribution in [3.05, 3.63) is 75.7 Å². The minimum atomic E-state index is -0.618. The van der Waals surface area contributed by atoms with Gasteiger partial charge in [-0.1, -0.05) is 24.3 Å². The van der Waals surface area contributed by atoms with Crippen LogP contribution in [-0.4, -0.2) is 53.8 Å². The zero-order valence-electron chi connectivity index (χ0n) is 23.7. The number of carbonyl (C=O) groups is 4. The lowest BCUT2D eigenvalue weighted by Crippen LogP contribution is -2.39. The third kappa shape index (κ3) is 7.68. The Morgan fingerprint density at radius 2 is 1.80 bits per heavy atom. The Balaban J connectivity index is 1.41. The van der Waals surface area contributed by atoms with Crippen LogP contribution < -0.4 is 10.6 Å². The van der Waals surface area contributed by atoms with E-state index >= 15 is 0 Å². The summed E-state index contributed by atoms with van der Waals surface area (Å²) in [7, 11) is 1.30. The van der Waals surface area contributed by atoms with Gasteiger partial charge in [-0.2, -0.15) is 0 Å². The van der Waals surface area contributed by atoms with Gasteiger partial charge in [-0.15, -0.1) is 23.1 Å². The first kappa shape index (κ1) is 30.1. The molecule has 0 saturated heterocycles. The second-order valence-electron chi connectivity index (χ2n) is 10.5. The highest BCUT2D eigenvalue weighted by molar-refractivity contribution is 8.00. The number of hydrogen-bond donors (Lipinski definition) is 2. The number of hydrogen-bond acceptors (Lipinski definition) is 8. The molecule has 9 nitrogen and oxygen atoms in total. The van der Waals surface area contributed by atoms with E-state index in [-0.39, 0.29) is 24.1 Å². The maximum Gasteiger partial charge on any atom is 0.410 e. The number of fused-ring (bicyclic) bond motifs is 1. The first-order chi connectivity index (χ1) is 19.4. The van der Waals surface area contributed by atoms with Crippen molar-refractivity contribution in [2.45, 2.75) is 51.2 Å². The maximum atomic E-state index is 12.9. The fourth-order valence-corrected chi connectivity index (χ4v) is 6.32. The number of esters is 1. The number of methoxy groups -OCH3 is 1. The average Bonchev–Trinajstić information content (AvgIpc) is 3.27. The van der Waals surface area contributed by atoms with Crippen molar-refractivity contribution in [2.24, 2.45) is 0 Å². The summed E-state index contributed by atoms with van der Waals surface area (Å²) < 4.78 is 10.5. The van der Waals surface area contributed by atoms with Gasteiger partial charge in [0.15, 0.2) is 0 Å². The van der Waals surface area contributed by atoms with E-state index < -0.39 is 17.7 Å². The van der Waals surface area contributed by atoms with Crippen LogP contribution in [-0.2, 0) is 27.2 Å². The first-order valence-corrected chi connectivity index (χ1v) is 14.9. The van der Waals surface area contributed by atoms with E-state index in [1.54, 1.807) is 17.0 Å². The van der Waals surface area contributed by atoms with E-state index in [2.05, 4.69) is 10.6 Å². The number of ether oxygens (including phenoxy) is 2. The molecule has 0 radical (unpaired) electrons. The highest BCUT2D eigenvalue weighted by atomic mass is 32.2. The highest BCUT2D eigenvalue weighted by Crippen LogP contribution is 2.38. The Morgan fingerprint density at radius 3 is 2.51 bits per heavy atom. The molecule has 11 heteroatoms. The minimum Gasteiger partial charge on any atom is -0.465 e. The van der Waals surface area contributed by atoms with Gasteiger partial charge in [-0.3, -0.25) is 9.59 Å². The zero-order chi connectivity index (χ0) is 29.7. The molecular weight excluding hydrogens is 562 g/mol. The summed E-state index contributed by atoms with van der Waals surface area (Å²) in [6.07, 6.45) is 0.0247. The summed E-state index contributed by atoms with van der Waals surface area (Å²) in [5.41, 5.74) is 2.59. The Kier molecular flexibility index (Phi) is 9.39. The molecule has 0 fully saturated rings. The van der Waals surface area contributed by atoms with Crippen LogP contribution >= 0.6 is 23.1 Å². The van der Waals surface area contributed by atoms with Gasteiger partial charge in [0, 0.05) is 27.6 Å². The number of carbonyl (C=O) groups excluding carboxylic acids is 4. The number of nitrogens with zero attached hydrogens (tertiary/aromatic N) is 1. The summed E-state index contributed by atoms with van der Waals surface area (Å²) in [6, 6.07) is 14.6. The van der Waals surface area contributed by atoms with Crippen LogP contribution in [0, 0.1) is 6.92 Å². The van der Waals surface area contributed by atoms with Crippen molar-refractivity contribution in [1.29, 1.82) is 0 Å². The second kappa shape index (κ2) is 12.8. The molecule has 1 aliphatic heterocycles. The maximum absolute atomic E-state index is 12.9. The normalized spacial score (nSPS) is 12.8. The fourth-order valence-electron chi connectivity index (χ4n) is 4.29. The third-order valence-corrected chi connectivity index (χ3v) is 8.33. The van der Waals surface area contributed by atoms with Crippen molar-refractivity contribution in [1.82, 2.24) is 4.90 Å². The summed E-state index contributed by atoms with van der Waals surface area (Å²) >= 11 is 2.57. The molecule has 2 aromatic carbocycles. The monoisotopic (exact) mass is 595 g/mol. The van der Waals surface area contributed by atoms with Crippen LogP contribution in [0.15, 0.2) is 53.4 Å². The van der Waals surface area contributed by atoms with Gasteiger partial charge in [0.1, 0.15) is 10.6 Å². The van der Waals surface area contributed by atoms with E-state index in [4.69, 9.17) is 9.47 Å². The van der Waals surface area contributed by atoms with Crippen molar-refractivity contribution in [3.8, 4) is 0 Å². The Labute approximate surface area is 247 Å². The predicted octanol–water partition coefficient (Wildman–Crippen LogP) is 6.12. The summed E-state index contributed by atoms with van der Waals surface area (Å²) in [5.74, 6) is -0.946. The van der Waals surface area contributed by atoms with Gasteiger partial charge >= 0.3 is 12.1 Å². The Morgan fingerprint density at radius 1 is 1.05 bits per heavy atom. The van der Waals surface area contributed by atoms with Crippen LogP contribution in [0.1, 0.15) is 57.5 Å². The molecular formula is C30H33N3O6S2. The van der Waals surface area contributed by atoms with Gasteiger partial charge < -0.3 is 25.0 Å². The average molecular weight is 596 g/mol.